The van der Waals surface area contributed by atoms with Gasteiger partial charge in [0.15, 0.2) is 0 Å². The highest BCUT2D eigenvalue weighted by atomic mass is 35.5. The van der Waals surface area contributed by atoms with E-state index in [-0.39, 0.29) is 17.9 Å². The van der Waals surface area contributed by atoms with Gasteiger partial charge in [-0.3, -0.25) is 9.59 Å². The number of likely N-dealkylation sites (tertiary alicyclic amines) is 1. The number of halogens is 1. The molecule has 4 rings (SSSR count). The highest BCUT2D eigenvalue weighted by molar-refractivity contribution is 7.07. The van der Waals surface area contributed by atoms with E-state index in [0.717, 1.165) is 43.5 Å². The Morgan fingerprint density at radius 2 is 2.08 bits per heavy atom. The van der Waals surface area contributed by atoms with Gasteiger partial charge in [-0.15, -0.1) is 0 Å². The number of carbonyl (C=O) groups excluding carboxylic acids is 2. The molecule has 7 nitrogen and oxygen atoms in total. The standard InChI is InChI=1S/C27H34ClN5O2S/c1-18-14-23(28)31-20(3)24(18)25(34)30-10-4-19(2)32-11-5-22(6-12-32)33(15-21-7-13-36-16-21)26(35)27(17-29)8-9-27/h7,13-14,16,19,22H,4-6,8-12,15H2,1-3H3,(H,30,34). The summed E-state index contributed by atoms with van der Waals surface area (Å²) in [6.07, 6.45) is 3.97. The molecule has 0 spiro atoms. The van der Waals surface area contributed by atoms with E-state index >= 15 is 0 Å². The molecule has 0 radical (unpaired) electrons. The molecule has 1 unspecified atom stereocenters. The molecule has 1 saturated heterocycles. The average Bonchev–Trinajstić information content (AvgIpc) is 3.48. The number of thiophene rings is 1. The third-order valence-corrected chi connectivity index (χ3v) is 8.50. The minimum Gasteiger partial charge on any atom is -0.352 e. The van der Waals surface area contributed by atoms with Crippen LogP contribution in [-0.4, -0.2) is 58.3 Å². The second kappa shape index (κ2) is 11.3. The molecule has 9 heteroatoms. The van der Waals surface area contributed by atoms with Crippen molar-refractivity contribution >= 4 is 34.8 Å². The van der Waals surface area contributed by atoms with E-state index in [4.69, 9.17) is 11.6 Å². The molecular formula is C27H34ClN5O2S. The summed E-state index contributed by atoms with van der Waals surface area (Å²) in [6, 6.07) is 6.52. The van der Waals surface area contributed by atoms with Crippen molar-refractivity contribution in [1.82, 2.24) is 20.1 Å². The highest BCUT2D eigenvalue weighted by Gasteiger charge is 2.53. The van der Waals surface area contributed by atoms with Crippen LogP contribution in [0.25, 0.3) is 0 Å². The van der Waals surface area contributed by atoms with Gasteiger partial charge in [-0.25, -0.2) is 4.98 Å². The molecule has 192 valence electrons. The van der Waals surface area contributed by atoms with Crippen LogP contribution in [0.4, 0.5) is 0 Å². The van der Waals surface area contributed by atoms with Gasteiger partial charge in [-0.05, 0) is 86.9 Å². The van der Waals surface area contributed by atoms with E-state index in [1.165, 1.54) is 0 Å². The van der Waals surface area contributed by atoms with Crippen LogP contribution in [0.1, 0.15) is 66.2 Å². The zero-order valence-corrected chi connectivity index (χ0v) is 22.8. The number of pyridine rings is 1. The molecule has 2 amide bonds. The first kappa shape index (κ1) is 26.6. The monoisotopic (exact) mass is 527 g/mol. The minimum atomic E-state index is -0.797. The first-order valence-electron chi connectivity index (χ1n) is 12.6. The van der Waals surface area contributed by atoms with Crippen LogP contribution < -0.4 is 5.32 Å². The lowest BCUT2D eigenvalue weighted by atomic mass is 9.97. The number of carbonyl (C=O) groups is 2. The zero-order chi connectivity index (χ0) is 25.9. The van der Waals surface area contributed by atoms with Crippen LogP contribution in [0.2, 0.25) is 5.15 Å². The summed E-state index contributed by atoms with van der Waals surface area (Å²) in [5.41, 5.74) is 2.39. The lowest BCUT2D eigenvalue weighted by Gasteiger charge is -2.41. The van der Waals surface area contributed by atoms with Crippen molar-refractivity contribution in [1.29, 1.82) is 5.26 Å². The number of hydrogen-bond donors (Lipinski definition) is 1. The molecule has 1 N–H and O–H groups in total. The van der Waals surface area contributed by atoms with Gasteiger partial charge in [0.25, 0.3) is 5.91 Å². The predicted octanol–water partition coefficient (Wildman–Crippen LogP) is 4.72. The van der Waals surface area contributed by atoms with E-state index in [1.807, 2.05) is 17.2 Å². The van der Waals surface area contributed by atoms with Gasteiger partial charge in [0.2, 0.25) is 5.91 Å². The molecule has 0 aromatic carbocycles. The topological polar surface area (TPSA) is 89.3 Å². The average molecular weight is 528 g/mol. The van der Waals surface area contributed by atoms with Crippen molar-refractivity contribution in [3.05, 3.63) is 50.4 Å². The van der Waals surface area contributed by atoms with Crippen LogP contribution in [0.3, 0.4) is 0 Å². The number of rotatable bonds is 9. The molecule has 36 heavy (non-hydrogen) atoms. The SMILES string of the molecule is Cc1cc(Cl)nc(C)c1C(=O)NCCC(C)N1CCC(N(Cc2ccsc2)C(=O)C2(C#N)CC2)CC1. The summed E-state index contributed by atoms with van der Waals surface area (Å²) < 4.78 is 0. The number of aromatic nitrogens is 1. The summed E-state index contributed by atoms with van der Waals surface area (Å²) in [5, 5.41) is 17.2. The van der Waals surface area contributed by atoms with E-state index in [9.17, 15) is 14.9 Å². The number of amides is 2. The van der Waals surface area contributed by atoms with E-state index < -0.39 is 5.41 Å². The van der Waals surface area contributed by atoms with Crippen LogP contribution in [0.15, 0.2) is 22.9 Å². The number of hydrogen-bond acceptors (Lipinski definition) is 6. The van der Waals surface area contributed by atoms with Gasteiger partial charge in [0.05, 0.1) is 17.3 Å². The highest BCUT2D eigenvalue weighted by Crippen LogP contribution is 2.47. The van der Waals surface area contributed by atoms with Crippen molar-refractivity contribution in [2.75, 3.05) is 19.6 Å². The first-order valence-corrected chi connectivity index (χ1v) is 14.0. The normalized spacial score (nSPS) is 18.3. The predicted molar refractivity (Wildman–Crippen MR) is 142 cm³/mol. The maximum Gasteiger partial charge on any atom is 0.253 e. The Hall–Kier alpha value is -2.47. The molecule has 2 aromatic heterocycles. The van der Waals surface area contributed by atoms with Gasteiger partial charge in [-0.1, -0.05) is 11.6 Å². The summed E-state index contributed by atoms with van der Waals surface area (Å²) in [4.78, 5) is 34.7. The maximum atomic E-state index is 13.3. The molecular weight excluding hydrogens is 494 g/mol. The fraction of sp³-hybridized carbons (Fsp3) is 0.556. The van der Waals surface area contributed by atoms with Crippen LogP contribution in [0.5, 0.6) is 0 Å². The van der Waals surface area contributed by atoms with Gasteiger partial charge in [0.1, 0.15) is 10.6 Å². The molecule has 2 aromatic rings. The van der Waals surface area contributed by atoms with E-state index in [0.29, 0.717) is 48.4 Å². The van der Waals surface area contributed by atoms with Crippen molar-refractivity contribution in [2.45, 2.75) is 71.5 Å². The number of nitriles is 1. The van der Waals surface area contributed by atoms with E-state index in [2.05, 4.69) is 39.6 Å². The van der Waals surface area contributed by atoms with Crippen LogP contribution in [-0.2, 0) is 11.3 Å². The molecule has 1 aliphatic carbocycles. The molecule has 2 fully saturated rings. The van der Waals surface area contributed by atoms with Crippen molar-refractivity contribution in [2.24, 2.45) is 5.41 Å². The molecule has 3 heterocycles. The molecule has 1 aliphatic heterocycles. The summed E-state index contributed by atoms with van der Waals surface area (Å²) in [5.74, 6) is -0.109. The zero-order valence-electron chi connectivity index (χ0n) is 21.2. The van der Waals surface area contributed by atoms with Crippen LogP contribution >= 0.6 is 22.9 Å². The van der Waals surface area contributed by atoms with Gasteiger partial charge < -0.3 is 15.1 Å². The largest absolute Gasteiger partial charge is 0.352 e. The Kier molecular flexibility index (Phi) is 8.34. The Morgan fingerprint density at radius 1 is 1.36 bits per heavy atom. The fourth-order valence-corrected chi connectivity index (χ4v) is 6.10. The summed E-state index contributed by atoms with van der Waals surface area (Å²) in [6.45, 7) is 8.81. The number of piperidine rings is 1. The summed E-state index contributed by atoms with van der Waals surface area (Å²) in [7, 11) is 0. The Labute approximate surface area is 222 Å². The molecule has 0 bridgehead atoms. The lowest BCUT2D eigenvalue weighted by Crippen LogP contribution is -2.51. The third-order valence-electron chi connectivity index (χ3n) is 7.57. The quantitative estimate of drug-likeness (QED) is 0.477. The fourth-order valence-electron chi connectivity index (χ4n) is 5.15. The lowest BCUT2D eigenvalue weighted by molar-refractivity contribution is -0.139. The number of nitrogens with zero attached hydrogens (tertiary/aromatic N) is 4. The Balaban J connectivity index is 1.29. The van der Waals surface area contributed by atoms with Crippen molar-refractivity contribution in [3.63, 3.8) is 0 Å². The molecule has 2 aliphatic rings. The minimum absolute atomic E-state index is 0.00712. The van der Waals surface area contributed by atoms with Gasteiger partial charge in [0, 0.05) is 38.3 Å². The van der Waals surface area contributed by atoms with Crippen molar-refractivity contribution < 1.29 is 9.59 Å². The third kappa shape index (κ3) is 5.91. The van der Waals surface area contributed by atoms with Gasteiger partial charge in [-0.2, -0.15) is 16.6 Å². The second-order valence-electron chi connectivity index (χ2n) is 10.1. The summed E-state index contributed by atoms with van der Waals surface area (Å²) >= 11 is 7.62. The number of nitrogens with one attached hydrogen (secondary N) is 1. The van der Waals surface area contributed by atoms with Crippen LogP contribution in [0, 0.1) is 30.6 Å². The Morgan fingerprint density at radius 3 is 2.67 bits per heavy atom. The molecule has 1 atom stereocenters. The van der Waals surface area contributed by atoms with E-state index in [1.54, 1.807) is 24.3 Å². The molecule has 1 saturated carbocycles. The van der Waals surface area contributed by atoms with Crippen molar-refractivity contribution in [3.8, 4) is 6.07 Å². The Bertz CT molecular complexity index is 1110. The number of aryl methyl sites for hydroxylation is 2. The smallest absolute Gasteiger partial charge is 0.253 e. The second-order valence-corrected chi connectivity index (χ2v) is 11.3. The maximum absolute atomic E-state index is 13.3. The first-order chi connectivity index (χ1) is 17.2. The van der Waals surface area contributed by atoms with Gasteiger partial charge >= 0.3 is 0 Å².